The molecule has 5 heteroatoms. The van der Waals surface area contributed by atoms with Crippen molar-refractivity contribution in [3.8, 4) is 0 Å². The van der Waals surface area contributed by atoms with Gasteiger partial charge in [-0.25, -0.2) is 0 Å². The molecule has 1 atom stereocenters. The molecule has 0 bridgehead atoms. The Kier molecular flexibility index (Phi) is 4.41. The van der Waals surface area contributed by atoms with Crippen LogP contribution in [0.5, 0.6) is 0 Å². The van der Waals surface area contributed by atoms with Gasteiger partial charge in [-0.05, 0) is 37.5 Å². The molecule has 2 N–H and O–H groups in total. The van der Waals surface area contributed by atoms with Crippen molar-refractivity contribution in [1.82, 2.24) is 9.88 Å². The van der Waals surface area contributed by atoms with Crippen LogP contribution in [0, 0.1) is 20.8 Å². The summed E-state index contributed by atoms with van der Waals surface area (Å²) in [4.78, 5) is 17.8. The number of aromatic nitrogens is 1. The van der Waals surface area contributed by atoms with Crippen LogP contribution in [-0.4, -0.2) is 53.3 Å². The minimum atomic E-state index is -0.602. The van der Waals surface area contributed by atoms with E-state index in [-0.39, 0.29) is 5.91 Å². The number of rotatable bonds is 2. The number of aromatic amines is 1. The molecule has 5 nitrogen and oxygen atoms in total. The molecule has 3 rings (SSSR count). The largest absolute Gasteiger partial charge is 0.389 e. The number of benzene rings is 1. The molecule has 0 unspecified atom stereocenters. The van der Waals surface area contributed by atoms with Gasteiger partial charge in [0.15, 0.2) is 0 Å². The quantitative estimate of drug-likeness (QED) is 0.889. The number of carbonyl (C=O) groups is 1. The maximum atomic E-state index is 12.7. The number of carbonyl (C=O) groups excluding carboxylic acids is 1. The highest BCUT2D eigenvalue weighted by Crippen LogP contribution is 2.28. The third kappa shape index (κ3) is 3.12. The SMILES string of the molecule is Cc1[nH]c2c(C)ccc(C)c2c1CC(=O)N1CCOC[C@H](O)C1. The normalized spacial score (nSPS) is 19.1. The average Bonchev–Trinajstić information content (AvgIpc) is 2.70. The third-order valence-electron chi connectivity index (χ3n) is 4.62. The number of hydrogen-bond acceptors (Lipinski definition) is 3. The Morgan fingerprint density at radius 2 is 2.09 bits per heavy atom. The van der Waals surface area contributed by atoms with E-state index in [1.165, 1.54) is 11.1 Å². The smallest absolute Gasteiger partial charge is 0.227 e. The molecule has 2 aromatic rings. The van der Waals surface area contributed by atoms with Crippen molar-refractivity contribution in [2.45, 2.75) is 33.3 Å². The lowest BCUT2D eigenvalue weighted by atomic mass is 10.0. The summed E-state index contributed by atoms with van der Waals surface area (Å²) in [6, 6.07) is 4.20. The van der Waals surface area contributed by atoms with Gasteiger partial charge in [0.1, 0.15) is 0 Å². The van der Waals surface area contributed by atoms with Crippen molar-refractivity contribution in [2.75, 3.05) is 26.3 Å². The molecule has 1 fully saturated rings. The molecule has 124 valence electrons. The van der Waals surface area contributed by atoms with E-state index in [0.29, 0.717) is 32.7 Å². The molecule has 23 heavy (non-hydrogen) atoms. The van der Waals surface area contributed by atoms with Crippen molar-refractivity contribution in [3.63, 3.8) is 0 Å². The van der Waals surface area contributed by atoms with E-state index in [2.05, 4.69) is 31.0 Å². The predicted molar refractivity (Wildman–Crippen MR) is 89.6 cm³/mol. The van der Waals surface area contributed by atoms with E-state index in [9.17, 15) is 9.90 Å². The lowest BCUT2D eigenvalue weighted by molar-refractivity contribution is -0.131. The third-order valence-corrected chi connectivity index (χ3v) is 4.62. The van der Waals surface area contributed by atoms with Crippen LogP contribution in [0.15, 0.2) is 12.1 Å². The fourth-order valence-electron chi connectivity index (χ4n) is 3.31. The van der Waals surface area contributed by atoms with Crippen LogP contribution in [0.3, 0.4) is 0 Å². The first-order valence-electron chi connectivity index (χ1n) is 8.08. The second-order valence-corrected chi connectivity index (χ2v) is 6.42. The first-order valence-corrected chi connectivity index (χ1v) is 8.08. The first-order chi connectivity index (χ1) is 11.0. The number of aliphatic hydroxyl groups excluding tert-OH is 1. The number of β-amino-alcohol motifs (C(OH)–C–C–N with tert-alkyl or cyclic N) is 1. The van der Waals surface area contributed by atoms with Gasteiger partial charge in [-0.15, -0.1) is 0 Å². The fraction of sp³-hybridized carbons (Fsp3) is 0.500. The van der Waals surface area contributed by atoms with Gasteiger partial charge in [-0.1, -0.05) is 12.1 Å². The van der Waals surface area contributed by atoms with E-state index in [0.717, 1.165) is 22.2 Å². The van der Waals surface area contributed by atoms with Gasteiger partial charge in [0, 0.05) is 29.7 Å². The van der Waals surface area contributed by atoms with Crippen molar-refractivity contribution in [2.24, 2.45) is 0 Å². The van der Waals surface area contributed by atoms with Crippen LogP contribution in [0.4, 0.5) is 0 Å². The summed E-state index contributed by atoms with van der Waals surface area (Å²) in [5.74, 6) is 0.0412. The molecular weight excluding hydrogens is 292 g/mol. The van der Waals surface area contributed by atoms with E-state index < -0.39 is 6.10 Å². The minimum Gasteiger partial charge on any atom is -0.389 e. The van der Waals surface area contributed by atoms with Gasteiger partial charge < -0.3 is 19.7 Å². The number of ether oxygens (including phenoxy) is 1. The highest BCUT2D eigenvalue weighted by Gasteiger charge is 2.23. The van der Waals surface area contributed by atoms with Crippen molar-refractivity contribution in [1.29, 1.82) is 0 Å². The summed E-state index contributed by atoms with van der Waals surface area (Å²) in [5.41, 5.74) is 5.58. The number of amides is 1. The standard InChI is InChI=1S/C18H24N2O3/c1-11-4-5-12(2)18-17(11)15(13(3)19-18)8-16(22)20-6-7-23-10-14(21)9-20/h4-5,14,19,21H,6-10H2,1-3H3/t14-/m1/s1. The number of nitrogens with one attached hydrogen (secondary N) is 1. The van der Waals surface area contributed by atoms with Crippen LogP contribution in [0.2, 0.25) is 0 Å². The zero-order valence-corrected chi connectivity index (χ0v) is 14.0. The Morgan fingerprint density at radius 3 is 2.87 bits per heavy atom. The van der Waals surface area contributed by atoms with Gasteiger partial charge in [0.2, 0.25) is 5.91 Å². The first kappa shape index (κ1) is 16.0. The Morgan fingerprint density at radius 1 is 1.35 bits per heavy atom. The van der Waals surface area contributed by atoms with Gasteiger partial charge in [-0.2, -0.15) is 0 Å². The molecule has 0 saturated carbocycles. The van der Waals surface area contributed by atoms with Gasteiger partial charge in [0.25, 0.3) is 0 Å². The summed E-state index contributed by atoms with van der Waals surface area (Å²) >= 11 is 0. The second-order valence-electron chi connectivity index (χ2n) is 6.42. The number of nitrogens with zero attached hydrogens (tertiary/aromatic N) is 1. The van der Waals surface area contributed by atoms with Gasteiger partial charge in [0.05, 0.1) is 25.7 Å². The van der Waals surface area contributed by atoms with Crippen molar-refractivity contribution < 1.29 is 14.6 Å². The van der Waals surface area contributed by atoms with Gasteiger partial charge >= 0.3 is 0 Å². The molecule has 0 aliphatic carbocycles. The molecule has 2 heterocycles. The summed E-state index contributed by atoms with van der Waals surface area (Å²) in [6.45, 7) is 7.83. The van der Waals surface area contributed by atoms with E-state index in [1.807, 2.05) is 6.92 Å². The number of H-pyrrole nitrogens is 1. The molecule has 0 spiro atoms. The molecule has 1 amide bonds. The molecule has 1 aromatic carbocycles. The predicted octanol–water partition coefficient (Wildman–Crippen LogP) is 1.86. The topological polar surface area (TPSA) is 65.6 Å². The number of aryl methyl sites for hydroxylation is 3. The monoisotopic (exact) mass is 316 g/mol. The fourth-order valence-corrected chi connectivity index (χ4v) is 3.31. The van der Waals surface area contributed by atoms with Crippen LogP contribution < -0.4 is 0 Å². The van der Waals surface area contributed by atoms with Crippen LogP contribution in [0.1, 0.15) is 22.4 Å². The molecule has 1 aliphatic heterocycles. The maximum absolute atomic E-state index is 12.7. The Balaban J connectivity index is 1.90. The highest BCUT2D eigenvalue weighted by molar-refractivity contribution is 5.93. The summed E-state index contributed by atoms with van der Waals surface area (Å²) in [6.07, 6.45) is -0.252. The Bertz CT molecular complexity index is 735. The van der Waals surface area contributed by atoms with Crippen LogP contribution in [0.25, 0.3) is 10.9 Å². The van der Waals surface area contributed by atoms with Crippen LogP contribution in [-0.2, 0) is 16.0 Å². The molecule has 1 saturated heterocycles. The summed E-state index contributed by atoms with van der Waals surface area (Å²) in [7, 11) is 0. The lowest BCUT2D eigenvalue weighted by Gasteiger charge is -2.21. The average molecular weight is 316 g/mol. The molecule has 1 aliphatic rings. The zero-order chi connectivity index (χ0) is 16.6. The zero-order valence-electron chi connectivity index (χ0n) is 14.0. The molecule has 0 radical (unpaired) electrons. The van der Waals surface area contributed by atoms with Crippen LogP contribution >= 0.6 is 0 Å². The Labute approximate surface area is 136 Å². The van der Waals surface area contributed by atoms with Gasteiger partial charge in [-0.3, -0.25) is 4.79 Å². The second kappa shape index (κ2) is 6.34. The Hall–Kier alpha value is -1.85. The highest BCUT2D eigenvalue weighted by atomic mass is 16.5. The minimum absolute atomic E-state index is 0.0412. The number of fused-ring (bicyclic) bond motifs is 1. The summed E-state index contributed by atoms with van der Waals surface area (Å²) < 4.78 is 5.30. The van der Waals surface area contributed by atoms with E-state index >= 15 is 0 Å². The summed E-state index contributed by atoms with van der Waals surface area (Å²) in [5, 5.41) is 11.0. The van der Waals surface area contributed by atoms with Crippen molar-refractivity contribution >= 4 is 16.8 Å². The van der Waals surface area contributed by atoms with E-state index in [4.69, 9.17) is 4.74 Å². The van der Waals surface area contributed by atoms with Crippen molar-refractivity contribution in [3.05, 3.63) is 34.5 Å². The lowest BCUT2D eigenvalue weighted by Crippen LogP contribution is -2.38. The molecular formula is C18H24N2O3. The molecule has 1 aromatic heterocycles. The number of hydrogen-bond donors (Lipinski definition) is 2. The van der Waals surface area contributed by atoms with E-state index in [1.54, 1.807) is 4.90 Å². The number of aliphatic hydroxyl groups is 1. The maximum Gasteiger partial charge on any atom is 0.227 e.